The molecule has 0 saturated heterocycles. The summed E-state index contributed by atoms with van der Waals surface area (Å²) in [4.78, 5) is 16.5. The van der Waals surface area contributed by atoms with Crippen molar-refractivity contribution in [1.29, 1.82) is 0 Å². The molecular weight excluding hydrogens is 360 g/mol. The lowest BCUT2D eigenvalue weighted by Crippen LogP contribution is -2.23. The maximum absolute atomic E-state index is 13.6. The third-order valence-electron chi connectivity index (χ3n) is 4.81. The van der Waals surface area contributed by atoms with Crippen LogP contribution in [0.1, 0.15) is 17.7 Å². The number of hydrogen-bond donors (Lipinski definition) is 3. The van der Waals surface area contributed by atoms with Gasteiger partial charge in [0.25, 0.3) is 0 Å². The van der Waals surface area contributed by atoms with E-state index in [9.17, 15) is 18.7 Å². The minimum atomic E-state index is -0.849. The zero-order valence-electron chi connectivity index (χ0n) is 13.7. The molecule has 1 amide bonds. The van der Waals surface area contributed by atoms with E-state index >= 15 is 0 Å². The molecular formula is C18H17F2N3O2S. The van der Waals surface area contributed by atoms with Gasteiger partial charge in [-0.1, -0.05) is 29.6 Å². The standard InChI is InChI=1S/C18H17F2N3O2S/c19-11-2-1-3-12(20)16(11)22-15(24)8-14-17(25)23-18(26-14)21-13-7-9-4-5-10(13)6-9/h1-5,9-10,13,25H,6-8H2,(H,21,23)(H,22,24). The number of amides is 1. The number of allylic oxidation sites excluding steroid dienone is 1. The number of nitrogens with zero attached hydrogens (tertiary/aromatic N) is 1. The van der Waals surface area contributed by atoms with E-state index in [1.54, 1.807) is 0 Å². The topological polar surface area (TPSA) is 74.2 Å². The number of para-hydroxylation sites is 1. The van der Waals surface area contributed by atoms with Crippen LogP contribution in [0.25, 0.3) is 0 Å². The first-order valence-electron chi connectivity index (χ1n) is 8.37. The monoisotopic (exact) mass is 377 g/mol. The highest BCUT2D eigenvalue weighted by atomic mass is 32.1. The molecule has 0 spiro atoms. The number of hydrogen-bond acceptors (Lipinski definition) is 5. The minimum Gasteiger partial charge on any atom is -0.492 e. The third kappa shape index (κ3) is 3.29. The molecule has 136 valence electrons. The highest BCUT2D eigenvalue weighted by Crippen LogP contribution is 2.41. The molecule has 2 aliphatic carbocycles. The van der Waals surface area contributed by atoms with Gasteiger partial charge in [-0.3, -0.25) is 4.79 Å². The van der Waals surface area contributed by atoms with E-state index < -0.39 is 23.2 Å². The maximum Gasteiger partial charge on any atom is 0.229 e. The Hall–Kier alpha value is -2.48. The Balaban J connectivity index is 1.41. The number of thiazole rings is 1. The summed E-state index contributed by atoms with van der Waals surface area (Å²) in [6.45, 7) is 0. The molecule has 2 aromatic rings. The number of fused-ring (bicyclic) bond motifs is 2. The molecule has 1 aromatic heterocycles. The fraction of sp³-hybridized carbons (Fsp3) is 0.333. The zero-order chi connectivity index (χ0) is 18.3. The molecule has 3 N–H and O–H groups in total. The average molecular weight is 377 g/mol. The average Bonchev–Trinajstić information content (AvgIpc) is 3.28. The molecule has 2 bridgehead atoms. The second kappa shape index (κ2) is 6.68. The second-order valence-electron chi connectivity index (χ2n) is 6.62. The summed E-state index contributed by atoms with van der Waals surface area (Å²) in [5, 5.41) is 16.1. The number of aromatic nitrogens is 1. The second-order valence-corrected chi connectivity index (χ2v) is 7.70. The van der Waals surface area contributed by atoms with Crippen molar-refractivity contribution < 1.29 is 18.7 Å². The number of carbonyl (C=O) groups excluding carboxylic acids is 1. The van der Waals surface area contributed by atoms with Crippen LogP contribution in [0.2, 0.25) is 0 Å². The largest absolute Gasteiger partial charge is 0.492 e. The molecule has 3 unspecified atom stereocenters. The molecule has 3 atom stereocenters. The van der Waals surface area contributed by atoms with Gasteiger partial charge in [0, 0.05) is 6.04 Å². The predicted molar refractivity (Wildman–Crippen MR) is 95.2 cm³/mol. The highest BCUT2D eigenvalue weighted by Gasteiger charge is 2.36. The lowest BCUT2D eigenvalue weighted by Gasteiger charge is -2.18. The van der Waals surface area contributed by atoms with Gasteiger partial charge in [0.2, 0.25) is 11.8 Å². The molecule has 0 aliphatic heterocycles. The third-order valence-corrected chi connectivity index (χ3v) is 5.79. The van der Waals surface area contributed by atoms with Gasteiger partial charge in [-0.05, 0) is 36.8 Å². The Morgan fingerprint density at radius 2 is 2.04 bits per heavy atom. The van der Waals surface area contributed by atoms with Crippen LogP contribution in [-0.4, -0.2) is 22.0 Å². The molecule has 1 aromatic carbocycles. The van der Waals surface area contributed by atoms with E-state index in [2.05, 4.69) is 27.8 Å². The fourth-order valence-electron chi connectivity index (χ4n) is 3.57. The van der Waals surface area contributed by atoms with E-state index in [1.807, 2.05) is 0 Å². The molecule has 26 heavy (non-hydrogen) atoms. The van der Waals surface area contributed by atoms with Crippen molar-refractivity contribution in [2.75, 3.05) is 10.6 Å². The number of nitrogens with one attached hydrogen (secondary N) is 2. The van der Waals surface area contributed by atoms with Crippen LogP contribution in [-0.2, 0) is 11.2 Å². The Labute approximate surface area is 152 Å². The first kappa shape index (κ1) is 17.0. The number of halogens is 2. The summed E-state index contributed by atoms with van der Waals surface area (Å²) < 4.78 is 27.2. The zero-order valence-corrected chi connectivity index (χ0v) is 14.5. The van der Waals surface area contributed by atoms with Crippen molar-refractivity contribution in [1.82, 2.24) is 4.98 Å². The molecule has 1 fully saturated rings. The first-order valence-corrected chi connectivity index (χ1v) is 9.18. The Bertz CT molecular complexity index is 863. The lowest BCUT2D eigenvalue weighted by atomic mass is 10.0. The van der Waals surface area contributed by atoms with Crippen LogP contribution in [0.4, 0.5) is 19.6 Å². The summed E-state index contributed by atoms with van der Waals surface area (Å²) in [6, 6.07) is 3.63. The van der Waals surface area contributed by atoms with Gasteiger partial charge in [0.1, 0.15) is 17.3 Å². The summed E-state index contributed by atoms with van der Waals surface area (Å²) in [7, 11) is 0. The number of anilines is 2. The first-order chi connectivity index (χ1) is 12.5. The van der Waals surface area contributed by atoms with Gasteiger partial charge >= 0.3 is 0 Å². The van der Waals surface area contributed by atoms with Gasteiger partial charge in [-0.25, -0.2) is 8.78 Å². The number of carbonyl (C=O) groups is 1. The molecule has 2 aliphatic rings. The van der Waals surface area contributed by atoms with E-state index in [1.165, 1.54) is 17.4 Å². The molecule has 0 radical (unpaired) electrons. The normalized spacial score (nSPS) is 23.4. The highest BCUT2D eigenvalue weighted by molar-refractivity contribution is 7.16. The summed E-state index contributed by atoms with van der Waals surface area (Å²) >= 11 is 1.18. The SMILES string of the molecule is O=C(Cc1sc(NC2CC3C=CC2C3)nc1O)Nc1c(F)cccc1F. The summed E-state index contributed by atoms with van der Waals surface area (Å²) in [6.07, 6.45) is 6.40. The smallest absolute Gasteiger partial charge is 0.229 e. The fourth-order valence-corrected chi connectivity index (χ4v) is 4.49. The molecule has 8 heteroatoms. The molecule has 5 nitrogen and oxygen atoms in total. The Morgan fingerprint density at radius 1 is 1.27 bits per heavy atom. The van der Waals surface area contributed by atoms with Gasteiger partial charge in [0.15, 0.2) is 5.13 Å². The van der Waals surface area contributed by atoms with Gasteiger partial charge < -0.3 is 15.7 Å². The van der Waals surface area contributed by atoms with Crippen molar-refractivity contribution in [3.8, 4) is 5.88 Å². The molecule has 4 rings (SSSR count). The number of rotatable bonds is 5. The van der Waals surface area contributed by atoms with Crippen LogP contribution in [0, 0.1) is 23.5 Å². The van der Waals surface area contributed by atoms with Crippen molar-refractivity contribution >= 4 is 28.1 Å². The van der Waals surface area contributed by atoms with Crippen LogP contribution in [0.5, 0.6) is 5.88 Å². The van der Waals surface area contributed by atoms with Gasteiger partial charge in [-0.15, -0.1) is 0 Å². The van der Waals surface area contributed by atoms with Crippen LogP contribution >= 0.6 is 11.3 Å². The summed E-state index contributed by atoms with van der Waals surface area (Å²) in [5.41, 5.74) is -0.492. The van der Waals surface area contributed by atoms with Crippen molar-refractivity contribution in [2.24, 2.45) is 11.8 Å². The predicted octanol–water partition coefficient (Wildman–Crippen LogP) is 3.68. The van der Waals surface area contributed by atoms with Gasteiger partial charge in [-0.2, -0.15) is 4.98 Å². The molecule has 1 saturated carbocycles. The van der Waals surface area contributed by atoms with Crippen LogP contribution < -0.4 is 10.6 Å². The van der Waals surface area contributed by atoms with E-state index in [0.717, 1.165) is 25.0 Å². The number of benzene rings is 1. The molecule has 1 heterocycles. The van der Waals surface area contributed by atoms with Crippen molar-refractivity contribution in [3.63, 3.8) is 0 Å². The summed E-state index contributed by atoms with van der Waals surface area (Å²) in [5.74, 6) is -1.48. The maximum atomic E-state index is 13.6. The van der Waals surface area contributed by atoms with Crippen LogP contribution in [0.15, 0.2) is 30.4 Å². The van der Waals surface area contributed by atoms with Gasteiger partial charge in [0.05, 0.1) is 11.3 Å². The quantitative estimate of drug-likeness (QED) is 0.695. The lowest BCUT2D eigenvalue weighted by molar-refractivity contribution is -0.115. The van der Waals surface area contributed by atoms with Crippen molar-refractivity contribution in [2.45, 2.75) is 25.3 Å². The van der Waals surface area contributed by atoms with E-state index in [0.29, 0.717) is 21.8 Å². The van der Waals surface area contributed by atoms with Crippen LogP contribution in [0.3, 0.4) is 0 Å². The van der Waals surface area contributed by atoms with E-state index in [-0.39, 0.29) is 18.3 Å². The van der Waals surface area contributed by atoms with Crippen molar-refractivity contribution in [3.05, 3.63) is 46.9 Å². The Morgan fingerprint density at radius 3 is 2.69 bits per heavy atom. The minimum absolute atomic E-state index is 0.213. The Kier molecular flexibility index (Phi) is 4.36. The number of aromatic hydroxyl groups is 1. The van der Waals surface area contributed by atoms with E-state index in [4.69, 9.17) is 0 Å².